The number of nitrogens with one attached hydrogen (secondary N) is 1. The van der Waals surface area contributed by atoms with Crippen LogP contribution < -0.4 is 15.0 Å². The lowest BCUT2D eigenvalue weighted by Crippen LogP contribution is -2.32. The Kier molecular flexibility index (Phi) is 6.18. The van der Waals surface area contributed by atoms with E-state index >= 15 is 0 Å². The van der Waals surface area contributed by atoms with Crippen LogP contribution in [0.1, 0.15) is 11.4 Å². The van der Waals surface area contributed by atoms with Gasteiger partial charge in [0.1, 0.15) is 5.75 Å². The first-order valence-electron chi connectivity index (χ1n) is 8.92. The minimum atomic E-state index is -4.87. The first-order valence-corrected chi connectivity index (χ1v) is 10.4. The van der Waals surface area contributed by atoms with Crippen LogP contribution in [0, 0.1) is 13.8 Å². The second-order valence-electron chi connectivity index (χ2n) is 6.51. The fourth-order valence-electron chi connectivity index (χ4n) is 2.76. The minimum absolute atomic E-state index is 0.0690. The molecule has 0 spiro atoms. The number of hydrogen-bond donors (Lipinski definition) is 1. The van der Waals surface area contributed by atoms with Gasteiger partial charge in [-0.2, -0.15) is 5.10 Å². The highest BCUT2D eigenvalue weighted by Gasteiger charge is 2.31. The van der Waals surface area contributed by atoms with Crippen molar-refractivity contribution in [3.05, 3.63) is 64.2 Å². The number of nitrogens with zero attached hydrogens (tertiary/aromatic N) is 4. The van der Waals surface area contributed by atoms with E-state index in [-0.39, 0.29) is 18.0 Å². The van der Waals surface area contributed by atoms with Gasteiger partial charge < -0.3 is 4.74 Å². The Morgan fingerprint density at radius 1 is 1.06 bits per heavy atom. The molecule has 0 aliphatic rings. The van der Waals surface area contributed by atoms with Gasteiger partial charge in [0, 0.05) is 18.3 Å². The van der Waals surface area contributed by atoms with Crippen LogP contribution in [0.4, 0.5) is 13.2 Å². The van der Waals surface area contributed by atoms with E-state index in [1.165, 1.54) is 12.1 Å². The van der Waals surface area contributed by atoms with E-state index in [2.05, 4.69) is 19.7 Å². The number of alkyl halides is 3. The number of aryl methyl sites for hydroxylation is 2. The fraction of sp³-hybridized carbons (Fsp3) is 0.278. The molecule has 0 aliphatic carbocycles. The monoisotopic (exact) mass is 457 g/mol. The standard InChI is InChI=1S/C18H18F3N5O4S/c1-12-11-13(2)26(23-12)16-7-8-17(27)25(24-16)10-9-22-31(28,29)15-5-3-14(4-6-15)30-18(19,20)21/h3-8,11,22H,9-10H2,1-2H3. The van der Waals surface area contributed by atoms with Crippen LogP contribution in [0.25, 0.3) is 5.82 Å². The van der Waals surface area contributed by atoms with Crippen LogP contribution in [0.2, 0.25) is 0 Å². The Morgan fingerprint density at radius 3 is 2.32 bits per heavy atom. The first kappa shape index (κ1) is 22.5. The van der Waals surface area contributed by atoms with Gasteiger partial charge in [-0.15, -0.1) is 18.3 Å². The van der Waals surface area contributed by atoms with Gasteiger partial charge >= 0.3 is 6.36 Å². The summed E-state index contributed by atoms with van der Waals surface area (Å²) < 4.78 is 69.9. The maximum Gasteiger partial charge on any atom is 0.573 e. The summed E-state index contributed by atoms with van der Waals surface area (Å²) in [6, 6.07) is 8.41. The summed E-state index contributed by atoms with van der Waals surface area (Å²) >= 11 is 0. The zero-order valence-corrected chi connectivity index (χ0v) is 17.2. The Labute approximate surface area is 175 Å². The molecule has 0 radical (unpaired) electrons. The molecule has 0 aliphatic heterocycles. The van der Waals surface area contributed by atoms with Crippen LogP contribution in [-0.4, -0.2) is 40.9 Å². The topological polar surface area (TPSA) is 108 Å². The zero-order valence-electron chi connectivity index (χ0n) is 16.4. The summed E-state index contributed by atoms with van der Waals surface area (Å²) in [5.41, 5.74) is 1.16. The first-order chi connectivity index (χ1) is 14.4. The Balaban J connectivity index is 1.68. The summed E-state index contributed by atoms with van der Waals surface area (Å²) in [5.74, 6) is -0.142. The molecule has 1 aromatic carbocycles. The molecule has 0 saturated heterocycles. The Hall–Kier alpha value is -3.19. The van der Waals surface area contributed by atoms with Crippen molar-refractivity contribution < 1.29 is 26.3 Å². The van der Waals surface area contributed by atoms with Gasteiger partial charge in [0.25, 0.3) is 5.56 Å². The van der Waals surface area contributed by atoms with Crippen LogP contribution in [0.15, 0.2) is 52.2 Å². The molecule has 0 fully saturated rings. The summed E-state index contributed by atoms with van der Waals surface area (Å²) in [6.45, 7) is 3.41. The summed E-state index contributed by atoms with van der Waals surface area (Å²) in [4.78, 5) is 11.8. The van der Waals surface area contributed by atoms with Gasteiger partial charge in [-0.3, -0.25) is 4.79 Å². The molecule has 3 rings (SSSR count). The Bertz CT molecular complexity index is 1230. The average Bonchev–Trinajstić information content (AvgIpc) is 3.00. The number of halogens is 3. The molecule has 166 valence electrons. The lowest BCUT2D eigenvalue weighted by atomic mass is 10.3. The zero-order chi connectivity index (χ0) is 22.8. The van der Waals surface area contributed by atoms with E-state index in [1.807, 2.05) is 19.9 Å². The van der Waals surface area contributed by atoms with E-state index < -0.39 is 27.7 Å². The fourth-order valence-corrected chi connectivity index (χ4v) is 3.78. The summed E-state index contributed by atoms with van der Waals surface area (Å²) in [5, 5.41) is 8.49. The molecule has 1 N–H and O–H groups in total. The van der Waals surface area contributed by atoms with Gasteiger partial charge in [0.05, 0.1) is 17.1 Å². The lowest BCUT2D eigenvalue weighted by molar-refractivity contribution is -0.274. The normalized spacial score (nSPS) is 12.2. The van der Waals surface area contributed by atoms with Gasteiger partial charge in [0.15, 0.2) is 5.82 Å². The molecule has 3 aromatic rings. The van der Waals surface area contributed by atoms with E-state index in [0.29, 0.717) is 5.82 Å². The molecule has 0 atom stereocenters. The molecular formula is C18H18F3N5O4S. The number of hydrogen-bond acceptors (Lipinski definition) is 6. The summed E-state index contributed by atoms with van der Waals surface area (Å²) in [7, 11) is -4.02. The molecule has 9 nitrogen and oxygen atoms in total. The third-order valence-electron chi connectivity index (χ3n) is 4.06. The lowest BCUT2D eigenvalue weighted by Gasteiger charge is -2.11. The third-order valence-corrected chi connectivity index (χ3v) is 5.54. The maximum absolute atomic E-state index is 12.3. The molecule has 31 heavy (non-hydrogen) atoms. The van der Waals surface area contributed by atoms with E-state index in [0.717, 1.165) is 40.3 Å². The van der Waals surface area contributed by atoms with Gasteiger partial charge in [-0.1, -0.05) is 0 Å². The second-order valence-corrected chi connectivity index (χ2v) is 8.28. The van der Waals surface area contributed by atoms with Gasteiger partial charge in [0.2, 0.25) is 10.0 Å². The van der Waals surface area contributed by atoms with E-state index in [9.17, 15) is 26.4 Å². The van der Waals surface area contributed by atoms with Crippen LogP contribution in [0.5, 0.6) is 5.75 Å². The van der Waals surface area contributed by atoms with Gasteiger partial charge in [-0.05, 0) is 50.2 Å². The number of rotatable bonds is 7. The van der Waals surface area contributed by atoms with E-state index in [4.69, 9.17) is 0 Å². The SMILES string of the molecule is Cc1cc(C)n(-c2ccc(=O)n(CCNS(=O)(=O)c3ccc(OC(F)(F)F)cc3)n2)n1. The highest BCUT2D eigenvalue weighted by Crippen LogP contribution is 2.23. The molecule has 0 saturated carbocycles. The van der Waals surface area contributed by atoms with Gasteiger partial charge in [-0.25, -0.2) is 22.5 Å². The van der Waals surface area contributed by atoms with Crippen molar-refractivity contribution in [1.82, 2.24) is 24.3 Å². The molecule has 0 amide bonds. The highest BCUT2D eigenvalue weighted by molar-refractivity contribution is 7.89. The van der Waals surface area contributed by atoms with Crippen molar-refractivity contribution in [1.29, 1.82) is 0 Å². The number of benzene rings is 1. The molecule has 2 aromatic heterocycles. The number of aromatic nitrogens is 4. The van der Waals surface area contributed by atoms with Crippen molar-refractivity contribution >= 4 is 10.0 Å². The molecular weight excluding hydrogens is 439 g/mol. The molecule has 2 heterocycles. The van der Waals surface area contributed by atoms with Crippen molar-refractivity contribution in [3.8, 4) is 11.6 Å². The predicted octanol–water partition coefficient (Wildman–Crippen LogP) is 1.92. The van der Waals surface area contributed by atoms with Crippen LogP contribution >= 0.6 is 0 Å². The van der Waals surface area contributed by atoms with Crippen LogP contribution in [0.3, 0.4) is 0 Å². The molecule has 0 bridgehead atoms. The van der Waals surface area contributed by atoms with Crippen molar-refractivity contribution in [2.45, 2.75) is 31.7 Å². The quantitative estimate of drug-likeness (QED) is 0.581. The van der Waals surface area contributed by atoms with E-state index in [1.54, 1.807) is 4.68 Å². The second kappa shape index (κ2) is 8.51. The van der Waals surface area contributed by atoms with Crippen molar-refractivity contribution in [3.63, 3.8) is 0 Å². The average molecular weight is 457 g/mol. The number of ether oxygens (including phenoxy) is 1. The minimum Gasteiger partial charge on any atom is -0.406 e. The van der Waals surface area contributed by atoms with Crippen LogP contribution in [-0.2, 0) is 16.6 Å². The number of sulfonamides is 1. The van der Waals surface area contributed by atoms with Crippen molar-refractivity contribution in [2.75, 3.05) is 6.54 Å². The maximum atomic E-state index is 12.3. The predicted molar refractivity (Wildman–Crippen MR) is 103 cm³/mol. The van der Waals surface area contributed by atoms with Crippen molar-refractivity contribution in [2.24, 2.45) is 0 Å². The Morgan fingerprint density at radius 2 is 1.74 bits per heavy atom. The third kappa shape index (κ3) is 5.70. The summed E-state index contributed by atoms with van der Waals surface area (Å²) in [6.07, 6.45) is -4.87. The highest BCUT2D eigenvalue weighted by atomic mass is 32.2. The molecule has 13 heteroatoms. The smallest absolute Gasteiger partial charge is 0.406 e. The molecule has 0 unspecified atom stereocenters. The largest absolute Gasteiger partial charge is 0.573 e.